The van der Waals surface area contributed by atoms with Gasteiger partial charge >= 0.3 is 0 Å². The molecule has 1 atom stereocenters. The minimum Gasteiger partial charge on any atom is -0.497 e. The molecule has 1 aliphatic carbocycles. The smallest absolute Gasteiger partial charge is 0.247 e. The number of methoxy groups -OCH3 is 1. The van der Waals surface area contributed by atoms with E-state index in [1.165, 1.54) is 23.5 Å². The Kier molecular flexibility index (Phi) is 8.29. The summed E-state index contributed by atoms with van der Waals surface area (Å²) >= 11 is 5.92. The Bertz CT molecular complexity index is 885. The lowest BCUT2D eigenvalue weighted by atomic mass is 9.94. The zero-order chi connectivity index (χ0) is 22.2. The number of nitrogens with one attached hydrogen (secondary N) is 1. The summed E-state index contributed by atoms with van der Waals surface area (Å²) in [7, 11) is 1.55. The molecule has 1 saturated carbocycles. The molecule has 3 rings (SSSR count). The SMILES string of the molecule is COc1cccc([C@@H](C(=O)NC2CCCCC2)N(Cc2ccc(F)cc2)C(=O)CCl)c1. The minimum absolute atomic E-state index is 0.0909. The summed E-state index contributed by atoms with van der Waals surface area (Å²) < 4.78 is 18.7. The number of halogens is 2. The van der Waals surface area contributed by atoms with Crippen LogP contribution in [-0.2, 0) is 16.1 Å². The Morgan fingerprint density at radius 2 is 1.87 bits per heavy atom. The number of rotatable bonds is 8. The van der Waals surface area contributed by atoms with Crippen molar-refractivity contribution in [3.63, 3.8) is 0 Å². The van der Waals surface area contributed by atoms with Gasteiger partial charge in [0.2, 0.25) is 11.8 Å². The van der Waals surface area contributed by atoms with Crippen LogP contribution in [0.2, 0.25) is 0 Å². The summed E-state index contributed by atoms with van der Waals surface area (Å²) in [5, 5.41) is 3.13. The van der Waals surface area contributed by atoms with Crippen LogP contribution in [0.25, 0.3) is 0 Å². The van der Waals surface area contributed by atoms with E-state index in [-0.39, 0.29) is 36.1 Å². The maximum Gasteiger partial charge on any atom is 0.247 e. The molecule has 2 amide bonds. The normalized spacial score (nSPS) is 15.2. The topological polar surface area (TPSA) is 58.6 Å². The maximum atomic E-state index is 13.5. The molecule has 0 heterocycles. The number of nitrogens with zero attached hydrogens (tertiary/aromatic N) is 1. The number of hydrogen-bond donors (Lipinski definition) is 1. The van der Waals surface area contributed by atoms with Crippen LogP contribution in [0.4, 0.5) is 4.39 Å². The van der Waals surface area contributed by atoms with Crippen LogP contribution in [0.1, 0.15) is 49.3 Å². The third-order valence-electron chi connectivity index (χ3n) is 5.62. The molecule has 0 unspecified atom stereocenters. The van der Waals surface area contributed by atoms with E-state index >= 15 is 0 Å². The van der Waals surface area contributed by atoms with E-state index in [1.807, 2.05) is 0 Å². The van der Waals surface area contributed by atoms with Gasteiger partial charge in [-0.2, -0.15) is 0 Å². The van der Waals surface area contributed by atoms with E-state index in [2.05, 4.69) is 5.32 Å². The quantitative estimate of drug-likeness (QED) is 0.603. The molecule has 2 aromatic rings. The predicted octanol–water partition coefficient (Wildman–Crippen LogP) is 4.59. The lowest BCUT2D eigenvalue weighted by molar-refractivity contribution is -0.140. The summed E-state index contributed by atoms with van der Waals surface area (Å²) in [5.41, 5.74) is 1.34. The molecular weight excluding hydrogens is 419 g/mol. The summed E-state index contributed by atoms with van der Waals surface area (Å²) in [4.78, 5) is 27.8. The summed E-state index contributed by atoms with van der Waals surface area (Å²) in [6.45, 7) is 0.131. The van der Waals surface area contributed by atoms with E-state index in [4.69, 9.17) is 16.3 Å². The van der Waals surface area contributed by atoms with Gasteiger partial charge in [-0.25, -0.2) is 4.39 Å². The standard InChI is InChI=1S/C24H28ClFN2O3/c1-31-21-9-5-6-18(14-21)23(24(30)27-20-7-3-2-4-8-20)28(22(29)15-25)16-17-10-12-19(26)13-11-17/h5-6,9-14,20,23H,2-4,7-8,15-16H2,1H3,(H,27,30)/t23-/m0/s1. The van der Waals surface area contributed by atoms with Gasteiger partial charge < -0.3 is 15.0 Å². The van der Waals surface area contributed by atoms with E-state index in [9.17, 15) is 14.0 Å². The maximum absolute atomic E-state index is 13.5. The Morgan fingerprint density at radius 1 is 1.16 bits per heavy atom. The number of amides is 2. The molecule has 1 N–H and O–H groups in total. The van der Waals surface area contributed by atoms with E-state index < -0.39 is 6.04 Å². The van der Waals surface area contributed by atoms with Crippen molar-refractivity contribution in [2.45, 2.75) is 50.7 Å². The lowest BCUT2D eigenvalue weighted by Gasteiger charge is -2.33. The minimum atomic E-state index is -0.881. The summed E-state index contributed by atoms with van der Waals surface area (Å²) in [6, 6.07) is 12.2. The van der Waals surface area contributed by atoms with E-state index in [0.717, 1.165) is 25.7 Å². The zero-order valence-corrected chi connectivity index (χ0v) is 18.4. The van der Waals surface area contributed by atoms with Crippen molar-refractivity contribution in [1.29, 1.82) is 0 Å². The molecule has 7 heteroatoms. The van der Waals surface area contributed by atoms with Crippen molar-refractivity contribution < 1.29 is 18.7 Å². The zero-order valence-electron chi connectivity index (χ0n) is 17.7. The van der Waals surface area contributed by atoms with Gasteiger partial charge in [0, 0.05) is 12.6 Å². The molecule has 0 bridgehead atoms. The van der Waals surface area contributed by atoms with E-state index in [0.29, 0.717) is 16.9 Å². The molecule has 0 aliphatic heterocycles. The number of ether oxygens (including phenoxy) is 1. The van der Waals surface area contributed by atoms with Gasteiger partial charge in [0.1, 0.15) is 23.5 Å². The lowest BCUT2D eigenvalue weighted by Crippen LogP contribution is -2.47. The van der Waals surface area contributed by atoms with Crippen molar-refractivity contribution in [2.24, 2.45) is 0 Å². The van der Waals surface area contributed by atoms with Crippen LogP contribution in [0.5, 0.6) is 5.75 Å². The van der Waals surface area contributed by atoms with Gasteiger partial charge in [-0.05, 0) is 48.2 Å². The van der Waals surface area contributed by atoms with Gasteiger partial charge in [0.25, 0.3) is 0 Å². The first-order valence-corrected chi connectivity index (χ1v) is 11.1. The molecule has 2 aromatic carbocycles. The largest absolute Gasteiger partial charge is 0.497 e. The van der Waals surface area contributed by atoms with Crippen LogP contribution in [0.3, 0.4) is 0 Å². The van der Waals surface area contributed by atoms with Gasteiger partial charge in [-0.1, -0.05) is 43.5 Å². The van der Waals surface area contributed by atoms with Crippen molar-refractivity contribution >= 4 is 23.4 Å². The summed E-state index contributed by atoms with van der Waals surface area (Å²) in [6.07, 6.45) is 5.19. The van der Waals surface area contributed by atoms with E-state index in [1.54, 1.807) is 43.5 Å². The highest BCUT2D eigenvalue weighted by Gasteiger charge is 2.33. The third-order valence-corrected chi connectivity index (χ3v) is 5.85. The first kappa shape index (κ1) is 23.1. The Morgan fingerprint density at radius 3 is 2.52 bits per heavy atom. The van der Waals surface area contributed by atoms with Crippen molar-refractivity contribution in [1.82, 2.24) is 10.2 Å². The number of hydrogen-bond acceptors (Lipinski definition) is 3. The molecule has 1 fully saturated rings. The van der Waals surface area contributed by atoms with Crippen molar-refractivity contribution in [2.75, 3.05) is 13.0 Å². The molecular formula is C24H28ClFN2O3. The first-order chi connectivity index (χ1) is 15.0. The van der Waals surface area contributed by atoms with Crippen molar-refractivity contribution in [3.8, 4) is 5.75 Å². The number of carbonyl (C=O) groups is 2. The van der Waals surface area contributed by atoms with Crippen LogP contribution in [-0.4, -0.2) is 35.7 Å². The van der Waals surface area contributed by atoms with Gasteiger partial charge in [-0.15, -0.1) is 11.6 Å². The van der Waals surface area contributed by atoms with Gasteiger partial charge in [0.05, 0.1) is 7.11 Å². The van der Waals surface area contributed by atoms with Crippen LogP contribution in [0, 0.1) is 5.82 Å². The highest BCUT2D eigenvalue weighted by atomic mass is 35.5. The van der Waals surface area contributed by atoms with Crippen molar-refractivity contribution in [3.05, 3.63) is 65.5 Å². The number of carbonyl (C=O) groups excluding carboxylic acids is 2. The molecule has 0 spiro atoms. The number of benzene rings is 2. The van der Waals surface area contributed by atoms with Crippen LogP contribution >= 0.6 is 11.6 Å². The first-order valence-electron chi connectivity index (χ1n) is 10.6. The molecule has 1 aliphatic rings. The molecule has 0 aromatic heterocycles. The molecule has 31 heavy (non-hydrogen) atoms. The Hall–Kier alpha value is -2.60. The average molecular weight is 447 g/mol. The second-order valence-electron chi connectivity index (χ2n) is 7.80. The van der Waals surface area contributed by atoms with Crippen LogP contribution in [0.15, 0.2) is 48.5 Å². The monoisotopic (exact) mass is 446 g/mol. The molecule has 0 radical (unpaired) electrons. The fourth-order valence-corrected chi connectivity index (χ4v) is 4.15. The molecule has 5 nitrogen and oxygen atoms in total. The second-order valence-corrected chi connectivity index (χ2v) is 8.07. The van der Waals surface area contributed by atoms with Crippen LogP contribution < -0.4 is 10.1 Å². The highest BCUT2D eigenvalue weighted by Crippen LogP contribution is 2.28. The summed E-state index contributed by atoms with van der Waals surface area (Å²) in [5.74, 6) is -0.664. The number of alkyl halides is 1. The Balaban J connectivity index is 1.95. The fraction of sp³-hybridized carbons (Fsp3) is 0.417. The fourth-order valence-electron chi connectivity index (χ4n) is 4.00. The highest BCUT2D eigenvalue weighted by molar-refractivity contribution is 6.27. The average Bonchev–Trinajstić information content (AvgIpc) is 2.80. The second kappa shape index (κ2) is 11.1. The predicted molar refractivity (Wildman–Crippen MR) is 118 cm³/mol. The molecule has 166 valence electrons. The third kappa shape index (κ3) is 6.20. The van der Waals surface area contributed by atoms with Gasteiger partial charge in [-0.3, -0.25) is 9.59 Å². The Labute approximate surface area is 187 Å². The van der Waals surface area contributed by atoms with Gasteiger partial charge in [0.15, 0.2) is 0 Å². The molecule has 0 saturated heterocycles.